The summed E-state index contributed by atoms with van der Waals surface area (Å²) >= 11 is 1.61. The van der Waals surface area contributed by atoms with Crippen LogP contribution in [0.4, 0.5) is 11.5 Å². The molecule has 1 aliphatic rings. The minimum Gasteiger partial charge on any atom is -0.497 e. The molecule has 1 amide bonds. The Balaban J connectivity index is 1.47. The van der Waals surface area contributed by atoms with Crippen molar-refractivity contribution < 1.29 is 9.53 Å². The van der Waals surface area contributed by atoms with Gasteiger partial charge in [-0.1, -0.05) is 44.7 Å². The quantitative estimate of drug-likeness (QED) is 0.326. The summed E-state index contributed by atoms with van der Waals surface area (Å²) in [7, 11) is 1.69. The maximum atomic E-state index is 12.2. The Kier molecular flexibility index (Phi) is 8.59. The number of nitrogens with zero attached hydrogens (tertiary/aromatic N) is 4. The summed E-state index contributed by atoms with van der Waals surface area (Å²) in [6, 6.07) is 18.2. The van der Waals surface area contributed by atoms with Gasteiger partial charge in [-0.05, 0) is 48.9 Å². The Hall–Kier alpha value is -3.26. The lowest BCUT2D eigenvalue weighted by atomic mass is 9.92. The molecule has 4 rings (SSSR count). The first-order chi connectivity index (χ1) is 17.8. The number of amides is 1. The number of ether oxygens (including phenoxy) is 1. The van der Waals surface area contributed by atoms with Crippen molar-refractivity contribution in [2.75, 3.05) is 49.6 Å². The molecule has 0 saturated carbocycles. The van der Waals surface area contributed by atoms with Gasteiger partial charge in [-0.3, -0.25) is 4.79 Å². The molecule has 0 aliphatic carbocycles. The van der Waals surface area contributed by atoms with Crippen molar-refractivity contribution in [3.63, 3.8) is 0 Å². The second kappa shape index (κ2) is 11.9. The summed E-state index contributed by atoms with van der Waals surface area (Å²) in [6.07, 6.45) is 0. The normalized spacial score (nSPS) is 14.0. The summed E-state index contributed by atoms with van der Waals surface area (Å²) in [5, 5.41) is 3.63. The van der Waals surface area contributed by atoms with Crippen molar-refractivity contribution in [1.82, 2.24) is 15.3 Å². The number of aromatic nitrogens is 2. The minimum atomic E-state index is -0.0872. The highest BCUT2D eigenvalue weighted by Crippen LogP contribution is 2.29. The average Bonchev–Trinajstić information content (AvgIpc) is 2.92. The second-order valence-electron chi connectivity index (χ2n) is 10.2. The van der Waals surface area contributed by atoms with E-state index in [2.05, 4.69) is 54.1 Å². The van der Waals surface area contributed by atoms with Crippen LogP contribution in [0, 0.1) is 0 Å². The molecule has 196 valence electrons. The van der Waals surface area contributed by atoms with Gasteiger partial charge in [-0.15, -0.1) is 0 Å². The van der Waals surface area contributed by atoms with Crippen LogP contribution in [-0.4, -0.2) is 55.7 Å². The standard InChI is InChI=1S/C29H37N5O2S/c1-6-30-27(35)22-9-7-8-21(18-22)20-37-28-31-25(29(2,3)4)19-26(32-28)34-16-14-33(15-17-34)23-10-12-24(36-5)13-11-23/h7-13,18-19H,6,14-17,20H2,1-5H3,(H,30,35). The molecule has 0 unspecified atom stereocenters. The van der Waals surface area contributed by atoms with Crippen molar-refractivity contribution in [2.45, 2.75) is 44.0 Å². The summed E-state index contributed by atoms with van der Waals surface area (Å²) in [6.45, 7) is 12.7. The van der Waals surface area contributed by atoms with Gasteiger partial charge < -0.3 is 19.9 Å². The minimum absolute atomic E-state index is 0.0450. The molecule has 7 nitrogen and oxygen atoms in total. The van der Waals surface area contributed by atoms with Gasteiger partial charge >= 0.3 is 0 Å². The van der Waals surface area contributed by atoms with E-state index in [0.29, 0.717) is 17.9 Å². The Labute approximate surface area is 224 Å². The second-order valence-corrected chi connectivity index (χ2v) is 11.1. The van der Waals surface area contributed by atoms with Crippen LogP contribution in [0.1, 0.15) is 49.3 Å². The number of hydrogen-bond acceptors (Lipinski definition) is 7. The number of piperazine rings is 1. The van der Waals surface area contributed by atoms with Crippen LogP contribution in [0.3, 0.4) is 0 Å². The molecule has 1 saturated heterocycles. The van der Waals surface area contributed by atoms with Crippen LogP contribution in [0.15, 0.2) is 59.8 Å². The highest BCUT2D eigenvalue weighted by Gasteiger charge is 2.23. The molecular weight excluding hydrogens is 482 g/mol. The Morgan fingerprint density at radius 2 is 1.70 bits per heavy atom. The highest BCUT2D eigenvalue weighted by atomic mass is 32.2. The van der Waals surface area contributed by atoms with E-state index in [9.17, 15) is 4.79 Å². The van der Waals surface area contributed by atoms with E-state index in [1.807, 2.05) is 43.3 Å². The van der Waals surface area contributed by atoms with Crippen molar-refractivity contribution in [2.24, 2.45) is 0 Å². The van der Waals surface area contributed by atoms with Gasteiger partial charge in [0.25, 0.3) is 5.91 Å². The predicted octanol–water partition coefficient (Wildman–Crippen LogP) is 5.15. The maximum absolute atomic E-state index is 12.2. The number of carbonyl (C=O) groups excluding carboxylic acids is 1. The smallest absolute Gasteiger partial charge is 0.251 e. The monoisotopic (exact) mass is 519 g/mol. The molecule has 1 N–H and O–H groups in total. The van der Waals surface area contributed by atoms with Gasteiger partial charge in [0, 0.05) is 61.2 Å². The lowest BCUT2D eigenvalue weighted by molar-refractivity contribution is 0.0955. The first-order valence-electron chi connectivity index (χ1n) is 12.8. The molecule has 1 fully saturated rings. The van der Waals surface area contributed by atoms with E-state index < -0.39 is 0 Å². The van der Waals surface area contributed by atoms with E-state index in [4.69, 9.17) is 14.7 Å². The first kappa shape index (κ1) is 26.8. The third-order valence-electron chi connectivity index (χ3n) is 6.40. The maximum Gasteiger partial charge on any atom is 0.251 e. The molecule has 0 radical (unpaired) electrons. The van der Waals surface area contributed by atoms with Crippen LogP contribution in [0.5, 0.6) is 5.75 Å². The number of carbonyl (C=O) groups is 1. The van der Waals surface area contributed by atoms with E-state index in [1.165, 1.54) is 5.69 Å². The molecule has 37 heavy (non-hydrogen) atoms. The fraction of sp³-hybridized carbons (Fsp3) is 0.414. The highest BCUT2D eigenvalue weighted by molar-refractivity contribution is 7.98. The van der Waals surface area contributed by atoms with E-state index in [-0.39, 0.29) is 11.3 Å². The molecule has 1 aliphatic heterocycles. The fourth-order valence-corrected chi connectivity index (χ4v) is 5.02. The lowest BCUT2D eigenvalue weighted by Gasteiger charge is -2.37. The molecule has 3 aromatic rings. The third kappa shape index (κ3) is 6.95. The number of nitrogens with one attached hydrogen (secondary N) is 1. The van der Waals surface area contributed by atoms with Crippen LogP contribution in [-0.2, 0) is 11.2 Å². The Bertz CT molecular complexity index is 1200. The van der Waals surface area contributed by atoms with Gasteiger partial charge in [0.05, 0.1) is 12.8 Å². The van der Waals surface area contributed by atoms with Crippen LogP contribution >= 0.6 is 11.8 Å². The number of anilines is 2. The number of rotatable bonds is 8. The van der Waals surface area contributed by atoms with Crippen LogP contribution < -0.4 is 19.9 Å². The molecule has 0 spiro atoms. The average molecular weight is 520 g/mol. The molecule has 0 bridgehead atoms. The fourth-order valence-electron chi connectivity index (χ4n) is 4.22. The van der Waals surface area contributed by atoms with Crippen LogP contribution in [0.2, 0.25) is 0 Å². The van der Waals surface area contributed by atoms with Crippen molar-refractivity contribution in [1.29, 1.82) is 0 Å². The molecule has 1 aromatic heterocycles. The molecule has 0 atom stereocenters. The number of thioether (sulfide) groups is 1. The summed E-state index contributed by atoms with van der Waals surface area (Å²) in [5.74, 6) is 2.51. The molecular formula is C29H37N5O2S. The van der Waals surface area contributed by atoms with Crippen molar-refractivity contribution >= 4 is 29.2 Å². The summed E-state index contributed by atoms with van der Waals surface area (Å²) in [5.41, 5.74) is 3.92. The van der Waals surface area contributed by atoms with Gasteiger partial charge in [0.2, 0.25) is 0 Å². The Morgan fingerprint density at radius 3 is 2.35 bits per heavy atom. The van der Waals surface area contributed by atoms with Gasteiger partial charge in [0.1, 0.15) is 11.6 Å². The van der Waals surface area contributed by atoms with Gasteiger partial charge in [-0.2, -0.15) is 0 Å². The zero-order chi connectivity index (χ0) is 26.4. The number of benzene rings is 2. The van der Waals surface area contributed by atoms with Crippen LogP contribution in [0.25, 0.3) is 0 Å². The molecule has 8 heteroatoms. The zero-order valence-electron chi connectivity index (χ0n) is 22.5. The predicted molar refractivity (Wildman–Crippen MR) is 152 cm³/mol. The summed E-state index contributed by atoms with van der Waals surface area (Å²) in [4.78, 5) is 26.9. The zero-order valence-corrected chi connectivity index (χ0v) is 23.3. The third-order valence-corrected chi connectivity index (χ3v) is 7.31. The molecule has 2 heterocycles. The van der Waals surface area contributed by atoms with E-state index in [1.54, 1.807) is 18.9 Å². The number of methoxy groups -OCH3 is 1. The largest absolute Gasteiger partial charge is 0.497 e. The van der Waals surface area contributed by atoms with Crippen molar-refractivity contribution in [3.05, 3.63) is 71.4 Å². The SMILES string of the molecule is CCNC(=O)c1cccc(CSc2nc(N3CCN(c4ccc(OC)cc4)CC3)cc(C(C)(C)C)n2)c1. The van der Waals surface area contributed by atoms with Gasteiger partial charge in [-0.25, -0.2) is 9.97 Å². The van der Waals surface area contributed by atoms with Crippen molar-refractivity contribution in [3.8, 4) is 5.75 Å². The lowest BCUT2D eigenvalue weighted by Crippen LogP contribution is -2.47. The summed E-state index contributed by atoms with van der Waals surface area (Å²) < 4.78 is 5.29. The van der Waals surface area contributed by atoms with Gasteiger partial charge in [0.15, 0.2) is 5.16 Å². The number of hydrogen-bond donors (Lipinski definition) is 1. The first-order valence-corrected chi connectivity index (χ1v) is 13.8. The topological polar surface area (TPSA) is 70.6 Å². The Morgan fingerprint density at radius 1 is 1.00 bits per heavy atom. The van der Waals surface area contributed by atoms with E-state index in [0.717, 1.165) is 54.2 Å². The van der Waals surface area contributed by atoms with E-state index >= 15 is 0 Å². The molecule has 2 aromatic carbocycles.